The summed E-state index contributed by atoms with van der Waals surface area (Å²) in [4.78, 5) is 0. The highest BCUT2D eigenvalue weighted by molar-refractivity contribution is 6.35. The van der Waals surface area contributed by atoms with Crippen molar-refractivity contribution in [1.29, 1.82) is 0 Å². The number of benzene rings is 2. The zero-order chi connectivity index (χ0) is 12.7. The minimum atomic E-state index is -0.227. The van der Waals surface area contributed by atoms with Crippen molar-refractivity contribution in [1.82, 2.24) is 0 Å². The van der Waals surface area contributed by atoms with Crippen molar-refractivity contribution in [3.8, 4) is 0 Å². The van der Waals surface area contributed by atoms with Gasteiger partial charge in [-0.25, -0.2) is 4.39 Å². The zero-order valence-corrected chi connectivity index (χ0v) is 10.9. The maximum absolute atomic E-state index is 12.9. The molecule has 1 atom stereocenters. The first-order valence-electron chi connectivity index (χ1n) is 5.63. The first-order valence-corrected chi connectivity index (χ1v) is 6.39. The molecule has 0 spiro atoms. The third kappa shape index (κ3) is 2.06. The highest BCUT2D eigenvalue weighted by Crippen LogP contribution is 2.40. The topological polar surface area (TPSA) is 12.0 Å². The van der Waals surface area contributed by atoms with Gasteiger partial charge in [0.15, 0.2) is 0 Å². The molecule has 0 amide bonds. The van der Waals surface area contributed by atoms with E-state index in [2.05, 4.69) is 5.32 Å². The summed E-state index contributed by atoms with van der Waals surface area (Å²) in [6, 6.07) is 10.2. The van der Waals surface area contributed by atoms with Crippen LogP contribution in [-0.2, 0) is 6.42 Å². The number of hydrogen-bond donors (Lipinski definition) is 1. The van der Waals surface area contributed by atoms with Gasteiger partial charge in [-0.3, -0.25) is 0 Å². The summed E-state index contributed by atoms with van der Waals surface area (Å²) >= 11 is 12.1. The Hall–Kier alpha value is -1.25. The molecule has 0 aromatic heterocycles. The Bertz CT molecular complexity index is 595. The van der Waals surface area contributed by atoms with Crippen LogP contribution in [0.15, 0.2) is 36.4 Å². The van der Waals surface area contributed by atoms with Gasteiger partial charge in [0.05, 0.1) is 6.04 Å². The van der Waals surface area contributed by atoms with E-state index in [1.54, 1.807) is 18.2 Å². The molecule has 0 bridgehead atoms. The van der Waals surface area contributed by atoms with Crippen molar-refractivity contribution < 1.29 is 4.39 Å². The molecule has 0 radical (unpaired) electrons. The Morgan fingerprint density at radius 2 is 1.83 bits per heavy atom. The van der Waals surface area contributed by atoms with E-state index in [-0.39, 0.29) is 11.9 Å². The van der Waals surface area contributed by atoms with E-state index < -0.39 is 0 Å². The minimum Gasteiger partial charge on any atom is -0.378 e. The van der Waals surface area contributed by atoms with Crippen LogP contribution < -0.4 is 5.32 Å². The van der Waals surface area contributed by atoms with Gasteiger partial charge in [-0.05, 0) is 35.4 Å². The molecule has 0 saturated carbocycles. The first kappa shape index (κ1) is 11.8. The Morgan fingerprint density at radius 1 is 1.11 bits per heavy atom. The highest BCUT2D eigenvalue weighted by Gasteiger charge is 2.24. The number of anilines is 1. The number of hydrogen-bond acceptors (Lipinski definition) is 1. The summed E-state index contributed by atoms with van der Waals surface area (Å²) in [5.41, 5.74) is 3.07. The molecule has 1 N–H and O–H groups in total. The molecule has 18 heavy (non-hydrogen) atoms. The number of nitrogens with one attached hydrogen (secondary N) is 1. The fourth-order valence-electron chi connectivity index (χ4n) is 2.28. The van der Waals surface area contributed by atoms with Gasteiger partial charge in [-0.15, -0.1) is 0 Å². The number of rotatable bonds is 1. The van der Waals surface area contributed by atoms with Crippen molar-refractivity contribution in [2.24, 2.45) is 0 Å². The number of halogens is 3. The van der Waals surface area contributed by atoms with Crippen LogP contribution in [0.3, 0.4) is 0 Å². The summed E-state index contributed by atoms with van der Waals surface area (Å²) in [6.07, 6.45) is 0.789. The minimum absolute atomic E-state index is 0.122. The molecule has 1 heterocycles. The van der Waals surface area contributed by atoms with Gasteiger partial charge in [-0.2, -0.15) is 0 Å². The van der Waals surface area contributed by atoms with Crippen LogP contribution in [0.2, 0.25) is 10.0 Å². The molecule has 3 rings (SSSR count). The van der Waals surface area contributed by atoms with Crippen LogP contribution in [0.1, 0.15) is 17.2 Å². The third-order valence-corrected chi connectivity index (χ3v) is 3.73. The number of fused-ring (bicyclic) bond motifs is 1. The van der Waals surface area contributed by atoms with E-state index in [9.17, 15) is 4.39 Å². The Labute approximate surface area is 115 Å². The van der Waals surface area contributed by atoms with Crippen LogP contribution in [0, 0.1) is 5.82 Å². The normalized spacial score (nSPS) is 17.4. The zero-order valence-electron chi connectivity index (χ0n) is 9.38. The predicted molar refractivity (Wildman–Crippen MR) is 72.9 cm³/mol. The van der Waals surface area contributed by atoms with Crippen LogP contribution in [0.4, 0.5) is 10.1 Å². The predicted octanol–water partition coefficient (Wildman–Crippen LogP) is 4.84. The van der Waals surface area contributed by atoms with Crippen LogP contribution >= 0.6 is 23.2 Å². The molecule has 0 aliphatic carbocycles. The summed E-state index contributed by atoms with van der Waals surface area (Å²) in [5, 5.41) is 4.65. The Morgan fingerprint density at radius 3 is 2.56 bits per heavy atom. The molecule has 0 saturated heterocycles. The maximum Gasteiger partial charge on any atom is 0.123 e. The average molecular weight is 282 g/mol. The largest absolute Gasteiger partial charge is 0.378 e. The highest BCUT2D eigenvalue weighted by atomic mass is 35.5. The smallest absolute Gasteiger partial charge is 0.123 e. The second kappa shape index (κ2) is 4.45. The summed E-state index contributed by atoms with van der Waals surface area (Å²) in [5.74, 6) is -0.227. The lowest BCUT2D eigenvalue weighted by molar-refractivity contribution is 0.626. The van der Waals surface area contributed by atoms with Gasteiger partial charge >= 0.3 is 0 Å². The van der Waals surface area contributed by atoms with Crippen molar-refractivity contribution >= 4 is 28.9 Å². The second-order valence-corrected chi connectivity index (χ2v) is 5.21. The standard InChI is InChI=1S/C14H10Cl2FN/c15-9-5-12(16)11-7-13(18-14(11)6-9)8-1-3-10(17)4-2-8/h1-6,13,18H,7H2. The third-order valence-electron chi connectivity index (χ3n) is 3.17. The molecular formula is C14H10Cl2FN. The Balaban J connectivity index is 1.93. The van der Waals surface area contributed by atoms with Gasteiger partial charge in [0, 0.05) is 22.2 Å². The lowest BCUT2D eigenvalue weighted by atomic mass is 10.0. The van der Waals surface area contributed by atoms with Gasteiger partial charge < -0.3 is 5.32 Å². The van der Waals surface area contributed by atoms with Gasteiger partial charge in [0.25, 0.3) is 0 Å². The van der Waals surface area contributed by atoms with Crippen molar-refractivity contribution in [3.63, 3.8) is 0 Å². The summed E-state index contributed by atoms with van der Waals surface area (Å²) < 4.78 is 12.9. The molecular weight excluding hydrogens is 272 g/mol. The van der Waals surface area contributed by atoms with Gasteiger partial charge in [-0.1, -0.05) is 35.3 Å². The average Bonchev–Trinajstić information content (AvgIpc) is 2.74. The van der Waals surface area contributed by atoms with Crippen molar-refractivity contribution in [2.45, 2.75) is 12.5 Å². The van der Waals surface area contributed by atoms with Crippen LogP contribution in [-0.4, -0.2) is 0 Å². The van der Waals surface area contributed by atoms with E-state index in [4.69, 9.17) is 23.2 Å². The molecule has 1 unspecified atom stereocenters. The molecule has 2 aromatic carbocycles. The quantitative estimate of drug-likeness (QED) is 0.789. The van der Waals surface area contributed by atoms with E-state index >= 15 is 0 Å². The van der Waals surface area contributed by atoms with Gasteiger partial charge in [0.1, 0.15) is 5.82 Å². The van der Waals surface area contributed by atoms with Gasteiger partial charge in [0.2, 0.25) is 0 Å². The van der Waals surface area contributed by atoms with Crippen molar-refractivity contribution in [3.05, 3.63) is 63.4 Å². The molecule has 1 aliphatic rings. The molecule has 0 fully saturated rings. The summed E-state index contributed by atoms with van der Waals surface area (Å²) in [6.45, 7) is 0. The lowest BCUT2D eigenvalue weighted by Gasteiger charge is -2.11. The van der Waals surface area contributed by atoms with Crippen molar-refractivity contribution in [2.75, 3.05) is 5.32 Å². The summed E-state index contributed by atoms with van der Waals surface area (Å²) in [7, 11) is 0. The lowest BCUT2D eigenvalue weighted by Crippen LogP contribution is -2.05. The SMILES string of the molecule is Fc1ccc(C2Cc3c(Cl)cc(Cl)cc3N2)cc1. The van der Waals surface area contributed by atoms with E-state index in [0.29, 0.717) is 10.0 Å². The monoisotopic (exact) mass is 281 g/mol. The fourth-order valence-corrected chi connectivity index (χ4v) is 2.85. The van der Waals surface area contributed by atoms with E-state index in [0.717, 1.165) is 23.2 Å². The van der Waals surface area contributed by atoms with Crippen LogP contribution in [0.5, 0.6) is 0 Å². The molecule has 92 valence electrons. The molecule has 1 aliphatic heterocycles. The molecule has 2 aromatic rings. The van der Waals surface area contributed by atoms with E-state index in [1.807, 2.05) is 6.07 Å². The Kier molecular flexibility index (Phi) is 2.92. The fraction of sp³-hybridized carbons (Fsp3) is 0.143. The molecule has 4 heteroatoms. The van der Waals surface area contributed by atoms with E-state index in [1.165, 1.54) is 12.1 Å². The second-order valence-electron chi connectivity index (χ2n) is 4.37. The first-order chi connectivity index (χ1) is 8.63. The molecule has 1 nitrogen and oxygen atoms in total. The van der Waals surface area contributed by atoms with Crippen LogP contribution in [0.25, 0.3) is 0 Å². The maximum atomic E-state index is 12.9.